The lowest BCUT2D eigenvalue weighted by molar-refractivity contribution is -0.142. The lowest BCUT2D eigenvalue weighted by Gasteiger charge is -2.15. The number of carbonyl (C=O) groups is 1. The molecule has 0 fully saturated rings. The lowest BCUT2D eigenvalue weighted by atomic mass is 9.90. The Morgan fingerprint density at radius 2 is 2.11 bits per heavy atom. The molecule has 0 atom stereocenters. The summed E-state index contributed by atoms with van der Waals surface area (Å²) in [6, 6.07) is 3.84. The number of nitrogens with one attached hydrogen (secondary N) is 1. The number of hydrogen-bond donors (Lipinski definition) is 2. The number of rotatable bonds is 5. The van der Waals surface area contributed by atoms with Crippen molar-refractivity contribution in [3.8, 4) is 0 Å². The Kier molecular flexibility index (Phi) is 3.80. The molecule has 6 heteroatoms. The van der Waals surface area contributed by atoms with Crippen molar-refractivity contribution >= 4 is 22.4 Å². The Hall–Kier alpha value is -1.95. The molecule has 0 amide bonds. The Morgan fingerprint density at radius 3 is 2.74 bits per heavy atom. The van der Waals surface area contributed by atoms with E-state index >= 15 is 0 Å². The first-order valence-electron chi connectivity index (χ1n) is 5.82. The standard InChI is InChI=1S/C13H15N3O2S/c1-13(2,11(17)18)10-8-19-12(16-10)15-7-9-3-5-14-6-4-9/h3-6,8H,7H2,1-2H3,(H,15,16)(H,17,18). The van der Waals surface area contributed by atoms with Crippen LogP contribution in [0.25, 0.3) is 0 Å². The molecular formula is C13H15N3O2S. The van der Waals surface area contributed by atoms with Gasteiger partial charge < -0.3 is 10.4 Å². The van der Waals surface area contributed by atoms with Crippen LogP contribution in [-0.4, -0.2) is 21.0 Å². The van der Waals surface area contributed by atoms with Crippen molar-refractivity contribution in [3.05, 3.63) is 41.2 Å². The predicted octanol–water partition coefficient (Wildman–Crippen LogP) is 2.51. The summed E-state index contributed by atoms with van der Waals surface area (Å²) in [4.78, 5) is 19.4. The van der Waals surface area contributed by atoms with E-state index in [2.05, 4.69) is 15.3 Å². The van der Waals surface area contributed by atoms with Gasteiger partial charge in [0.2, 0.25) is 0 Å². The van der Waals surface area contributed by atoms with Crippen LogP contribution in [0.4, 0.5) is 5.13 Å². The van der Waals surface area contributed by atoms with Gasteiger partial charge in [0, 0.05) is 24.3 Å². The van der Waals surface area contributed by atoms with E-state index in [-0.39, 0.29) is 0 Å². The van der Waals surface area contributed by atoms with E-state index in [4.69, 9.17) is 5.11 Å². The zero-order valence-corrected chi connectivity index (χ0v) is 11.6. The predicted molar refractivity (Wildman–Crippen MR) is 74.3 cm³/mol. The maximum Gasteiger partial charge on any atom is 0.315 e. The molecule has 100 valence electrons. The van der Waals surface area contributed by atoms with Gasteiger partial charge in [0.25, 0.3) is 0 Å². The molecule has 5 nitrogen and oxygen atoms in total. The molecule has 0 unspecified atom stereocenters. The fraction of sp³-hybridized carbons (Fsp3) is 0.308. The monoisotopic (exact) mass is 277 g/mol. The normalized spacial score (nSPS) is 11.3. The number of thiazole rings is 1. The average molecular weight is 277 g/mol. The van der Waals surface area contributed by atoms with Gasteiger partial charge in [-0.1, -0.05) is 0 Å². The van der Waals surface area contributed by atoms with E-state index in [0.29, 0.717) is 12.2 Å². The first-order chi connectivity index (χ1) is 9.00. The minimum Gasteiger partial charge on any atom is -0.481 e. The number of pyridine rings is 1. The number of aromatic nitrogens is 2. The van der Waals surface area contributed by atoms with Crippen LogP contribution < -0.4 is 5.32 Å². The Labute approximate surface area is 115 Å². The highest BCUT2D eigenvalue weighted by Crippen LogP contribution is 2.27. The van der Waals surface area contributed by atoms with Crippen molar-refractivity contribution in [1.29, 1.82) is 0 Å². The van der Waals surface area contributed by atoms with E-state index in [1.807, 2.05) is 12.1 Å². The smallest absolute Gasteiger partial charge is 0.315 e. The summed E-state index contributed by atoms with van der Waals surface area (Å²) >= 11 is 1.41. The summed E-state index contributed by atoms with van der Waals surface area (Å²) in [6.45, 7) is 3.94. The van der Waals surface area contributed by atoms with E-state index in [9.17, 15) is 4.79 Å². The largest absolute Gasteiger partial charge is 0.481 e. The molecule has 19 heavy (non-hydrogen) atoms. The number of anilines is 1. The number of carboxylic acids is 1. The van der Waals surface area contributed by atoms with Crippen LogP contribution in [0.2, 0.25) is 0 Å². The van der Waals surface area contributed by atoms with E-state index in [1.54, 1.807) is 31.6 Å². The maximum absolute atomic E-state index is 11.1. The zero-order valence-electron chi connectivity index (χ0n) is 10.8. The van der Waals surface area contributed by atoms with Crippen LogP contribution in [0.15, 0.2) is 29.9 Å². The molecule has 2 aromatic rings. The van der Waals surface area contributed by atoms with Crippen molar-refractivity contribution < 1.29 is 9.90 Å². The van der Waals surface area contributed by atoms with E-state index in [1.165, 1.54) is 11.3 Å². The zero-order chi connectivity index (χ0) is 13.9. The third kappa shape index (κ3) is 3.08. The van der Waals surface area contributed by atoms with Crippen LogP contribution in [0.5, 0.6) is 0 Å². The molecule has 0 aliphatic rings. The fourth-order valence-electron chi connectivity index (χ4n) is 1.43. The summed E-state index contributed by atoms with van der Waals surface area (Å²) in [5.41, 5.74) is 0.707. The van der Waals surface area contributed by atoms with Gasteiger partial charge >= 0.3 is 5.97 Å². The van der Waals surface area contributed by atoms with Gasteiger partial charge in [-0.15, -0.1) is 11.3 Å². The lowest BCUT2D eigenvalue weighted by Crippen LogP contribution is -2.28. The highest BCUT2D eigenvalue weighted by Gasteiger charge is 2.32. The summed E-state index contributed by atoms with van der Waals surface area (Å²) in [7, 11) is 0. The van der Waals surface area contributed by atoms with E-state index < -0.39 is 11.4 Å². The van der Waals surface area contributed by atoms with Gasteiger partial charge in [0.05, 0.1) is 5.69 Å². The first-order valence-corrected chi connectivity index (χ1v) is 6.70. The Morgan fingerprint density at radius 1 is 1.42 bits per heavy atom. The molecule has 2 rings (SSSR count). The van der Waals surface area contributed by atoms with Crippen LogP contribution >= 0.6 is 11.3 Å². The highest BCUT2D eigenvalue weighted by molar-refractivity contribution is 7.13. The molecule has 2 aromatic heterocycles. The molecule has 0 saturated carbocycles. The molecule has 0 radical (unpaired) electrons. The number of hydrogen-bond acceptors (Lipinski definition) is 5. The van der Waals surface area contributed by atoms with Crippen molar-refractivity contribution in [3.63, 3.8) is 0 Å². The molecular weight excluding hydrogens is 262 g/mol. The fourth-order valence-corrected chi connectivity index (χ4v) is 2.31. The van der Waals surface area contributed by atoms with Crippen molar-refractivity contribution in [2.24, 2.45) is 0 Å². The molecule has 0 saturated heterocycles. The second-order valence-electron chi connectivity index (χ2n) is 4.68. The third-order valence-electron chi connectivity index (χ3n) is 2.87. The minimum absolute atomic E-state index is 0.572. The van der Waals surface area contributed by atoms with Crippen molar-refractivity contribution in [2.45, 2.75) is 25.8 Å². The molecule has 0 aliphatic carbocycles. The van der Waals surface area contributed by atoms with Crippen molar-refractivity contribution in [1.82, 2.24) is 9.97 Å². The maximum atomic E-state index is 11.1. The minimum atomic E-state index is -0.965. The Bertz CT molecular complexity index is 566. The van der Waals surface area contributed by atoms with Gasteiger partial charge in [-0.3, -0.25) is 9.78 Å². The number of carboxylic acid groups (broad SMARTS) is 1. The quantitative estimate of drug-likeness (QED) is 0.878. The van der Waals surface area contributed by atoms with Gasteiger partial charge in [0.15, 0.2) is 5.13 Å². The summed E-state index contributed by atoms with van der Waals surface area (Å²) in [5, 5.41) is 14.8. The van der Waals surface area contributed by atoms with Gasteiger partial charge in [-0.25, -0.2) is 4.98 Å². The van der Waals surface area contributed by atoms with Crippen LogP contribution in [0, 0.1) is 0 Å². The molecule has 0 aliphatic heterocycles. The third-order valence-corrected chi connectivity index (χ3v) is 3.67. The summed E-state index contributed by atoms with van der Waals surface area (Å²) in [5.74, 6) is -0.876. The van der Waals surface area contributed by atoms with Crippen LogP contribution in [-0.2, 0) is 16.8 Å². The van der Waals surface area contributed by atoms with E-state index in [0.717, 1.165) is 10.7 Å². The highest BCUT2D eigenvalue weighted by atomic mass is 32.1. The first kappa shape index (κ1) is 13.5. The van der Waals surface area contributed by atoms with Crippen LogP contribution in [0.1, 0.15) is 25.1 Å². The molecule has 2 N–H and O–H groups in total. The SMILES string of the molecule is CC(C)(C(=O)O)c1csc(NCc2ccncc2)n1. The summed E-state index contributed by atoms with van der Waals surface area (Å²) < 4.78 is 0. The van der Waals surface area contributed by atoms with Crippen LogP contribution in [0.3, 0.4) is 0 Å². The topological polar surface area (TPSA) is 75.1 Å². The summed E-state index contributed by atoms with van der Waals surface area (Å²) in [6.07, 6.45) is 3.47. The van der Waals surface area contributed by atoms with Gasteiger partial charge in [-0.05, 0) is 31.5 Å². The molecule has 0 aromatic carbocycles. The number of aliphatic carboxylic acids is 1. The molecule has 0 spiro atoms. The van der Waals surface area contributed by atoms with Gasteiger partial charge in [0.1, 0.15) is 5.41 Å². The second-order valence-corrected chi connectivity index (χ2v) is 5.54. The van der Waals surface area contributed by atoms with Crippen molar-refractivity contribution in [2.75, 3.05) is 5.32 Å². The molecule has 2 heterocycles. The molecule has 0 bridgehead atoms. The average Bonchev–Trinajstić information content (AvgIpc) is 2.87. The second kappa shape index (κ2) is 5.36. The number of nitrogens with zero attached hydrogens (tertiary/aromatic N) is 2. The van der Waals surface area contributed by atoms with Gasteiger partial charge in [-0.2, -0.15) is 0 Å². The Balaban J connectivity index is 2.04.